The van der Waals surface area contributed by atoms with E-state index in [1.807, 2.05) is 13.8 Å². The van der Waals surface area contributed by atoms with Gasteiger partial charge in [0.25, 0.3) is 0 Å². The van der Waals surface area contributed by atoms with Gasteiger partial charge in [0.15, 0.2) is 5.79 Å². The maximum atomic E-state index is 11.7. The van der Waals surface area contributed by atoms with Crippen molar-refractivity contribution >= 4 is 5.78 Å². The van der Waals surface area contributed by atoms with Crippen molar-refractivity contribution in [2.45, 2.75) is 44.4 Å². The first kappa shape index (κ1) is 9.75. The molecule has 1 aliphatic heterocycles. The van der Waals surface area contributed by atoms with Gasteiger partial charge in [-0.05, 0) is 13.8 Å². The zero-order chi connectivity index (χ0) is 10.8. The molecule has 2 bridgehead atoms. The summed E-state index contributed by atoms with van der Waals surface area (Å²) >= 11 is 0. The third-order valence-corrected chi connectivity index (χ3v) is 3.80. The first-order valence-corrected chi connectivity index (χ1v) is 5.44. The summed E-state index contributed by atoms with van der Waals surface area (Å²) < 4.78 is 17.0. The van der Waals surface area contributed by atoms with Crippen LogP contribution in [-0.2, 0) is 19.0 Å². The van der Waals surface area contributed by atoms with Gasteiger partial charge in [-0.2, -0.15) is 0 Å². The molecule has 0 radical (unpaired) electrons. The molecule has 3 aliphatic rings. The maximum Gasteiger partial charge on any atom is 0.163 e. The summed E-state index contributed by atoms with van der Waals surface area (Å²) in [6, 6.07) is 0. The number of Topliss-reactive ketones (excluding diaryl/α,β-unsaturated/α-hetero) is 1. The lowest BCUT2D eigenvalue weighted by Gasteiger charge is -2.22. The van der Waals surface area contributed by atoms with Crippen LogP contribution in [0.4, 0.5) is 0 Å². The Morgan fingerprint density at radius 2 is 2.00 bits per heavy atom. The molecular formula is C11H16O4. The van der Waals surface area contributed by atoms with Crippen LogP contribution < -0.4 is 0 Å². The number of methoxy groups -OCH3 is 1. The van der Waals surface area contributed by atoms with E-state index in [0.717, 1.165) is 0 Å². The number of fused-ring (bicyclic) bond motifs is 5. The summed E-state index contributed by atoms with van der Waals surface area (Å²) in [4.78, 5) is 11.7. The first-order chi connectivity index (χ1) is 7.03. The van der Waals surface area contributed by atoms with Crippen molar-refractivity contribution in [3.63, 3.8) is 0 Å². The molecular weight excluding hydrogens is 196 g/mol. The molecule has 1 saturated heterocycles. The number of hydrogen-bond acceptors (Lipinski definition) is 4. The van der Waals surface area contributed by atoms with E-state index in [1.54, 1.807) is 7.11 Å². The standard InChI is InChI=1S/C11H16O4/c1-11(2)14-9-5-4-6(12)7(8(5)13-3)10(9)15-11/h5,7-10H,4H2,1-3H3/t5-,7+,8+,9+,10-/m1/s1. The number of hydrogen-bond donors (Lipinski definition) is 0. The van der Waals surface area contributed by atoms with Crippen LogP contribution in [0.25, 0.3) is 0 Å². The van der Waals surface area contributed by atoms with Gasteiger partial charge in [0.1, 0.15) is 5.78 Å². The number of carbonyl (C=O) groups excluding carboxylic acids is 1. The Kier molecular flexibility index (Phi) is 1.83. The van der Waals surface area contributed by atoms with Crippen LogP contribution in [-0.4, -0.2) is 37.0 Å². The van der Waals surface area contributed by atoms with Gasteiger partial charge in [0, 0.05) is 19.4 Å². The van der Waals surface area contributed by atoms with Crippen molar-refractivity contribution in [3.8, 4) is 0 Å². The Balaban J connectivity index is 1.92. The lowest BCUT2D eigenvalue weighted by molar-refractivity contribution is -0.168. The average Bonchev–Trinajstić information content (AvgIpc) is 2.68. The summed E-state index contributed by atoms with van der Waals surface area (Å²) in [6.07, 6.45) is 0.552. The zero-order valence-electron chi connectivity index (χ0n) is 9.23. The predicted molar refractivity (Wildman–Crippen MR) is 51.2 cm³/mol. The monoisotopic (exact) mass is 212 g/mol. The van der Waals surface area contributed by atoms with Crippen LogP contribution in [0, 0.1) is 11.8 Å². The van der Waals surface area contributed by atoms with Crippen LogP contribution in [0.2, 0.25) is 0 Å². The molecule has 15 heavy (non-hydrogen) atoms. The molecule has 3 rings (SSSR count). The van der Waals surface area contributed by atoms with Crippen LogP contribution in [0.3, 0.4) is 0 Å². The van der Waals surface area contributed by atoms with Crippen LogP contribution in [0.15, 0.2) is 0 Å². The van der Waals surface area contributed by atoms with E-state index < -0.39 is 5.79 Å². The Bertz CT molecular complexity index is 312. The van der Waals surface area contributed by atoms with E-state index in [0.29, 0.717) is 6.42 Å². The molecule has 0 unspecified atom stereocenters. The van der Waals surface area contributed by atoms with Gasteiger partial charge >= 0.3 is 0 Å². The van der Waals surface area contributed by atoms with Gasteiger partial charge in [0.05, 0.1) is 24.2 Å². The second-order valence-corrected chi connectivity index (χ2v) is 5.13. The van der Waals surface area contributed by atoms with Crippen molar-refractivity contribution in [2.75, 3.05) is 7.11 Å². The van der Waals surface area contributed by atoms with Crippen molar-refractivity contribution < 1.29 is 19.0 Å². The lowest BCUT2D eigenvalue weighted by Crippen LogP contribution is -2.34. The van der Waals surface area contributed by atoms with Gasteiger partial charge in [-0.1, -0.05) is 0 Å². The van der Waals surface area contributed by atoms with Crippen molar-refractivity contribution in [2.24, 2.45) is 11.8 Å². The Hall–Kier alpha value is -0.450. The van der Waals surface area contributed by atoms with E-state index >= 15 is 0 Å². The van der Waals surface area contributed by atoms with E-state index in [2.05, 4.69) is 0 Å². The molecule has 0 N–H and O–H groups in total. The van der Waals surface area contributed by atoms with Crippen molar-refractivity contribution in [1.82, 2.24) is 0 Å². The van der Waals surface area contributed by atoms with Crippen LogP contribution in [0.5, 0.6) is 0 Å². The van der Waals surface area contributed by atoms with E-state index in [4.69, 9.17) is 14.2 Å². The molecule has 0 aromatic heterocycles. The molecule has 0 aromatic rings. The molecule has 0 aromatic carbocycles. The lowest BCUT2D eigenvalue weighted by atomic mass is 9.94. The number of carbonyl (C=O) groups is 1. The number of rotatable bonds is 1. The molecule has 84 valence electrons. The minimum absolute atomic E-state index is 0.00333. The molecule has 1 heterocycles. The molecule has 3 fully saturated rings. The first-order valence-electron chi connectivity index (χ1n) is 5.44. The van der Waals surface area contributed by atoms with Crippen LogP contribution >= 0.6 is 0 Å². The van der Waals surface area contributed by atoms with Crippen molar-refractivity contribution in [1.29, 1.82) is 0 Å². The van der Waals surface area contributed by atoms with Crippen molar-refractivity contribution in [3.05, 3.63) is 0 Å². The molecule has 4 heteroatoms. The SMILES string of the molecule is CO[C@H]1[C@H]2CC(=O)[C@@H]1[C@H]1OC(C)(C)O[C@@H]21. The fourth-order valence-electron chi connectivity index (χ4n) is 3.35. The molecule has 2 saturated carbocycles. The third kappa shape index (κ3) is 1.16. The van der Waals surface area contributed by atoms with Gasteiger partial charge < -0.3 is 14.2 Å². The number of ether oxygens (including phenoxy) is 3. The molecule has 5 atom stereocenters. The van der Waals surface area contributed by atoms with Gasteiger partial charge in [0.2, 0.25) is 0 Å². The van der Waals surface area contributed by atoms with E-state index in [-0.39, 0.29) is 35.9 Å². The molecule has 0 spiro atoms. The highest BCUT2D eigenvalue weighted by atomic mass is 16.8. The smallest absolute Gasteiger partial charge is 0.163 e. The molecule has 0 amide bonds. The fraction of sp³-hybridized carbons (Fsp3) is 0.909. The minimum atomic E-state index is -0.546. The van der Waals surface area contributed by atoms with Gasteiger partial charge in [-0.15, -0.1) is 0 Å². The highest BCUT2D eigenvalue weighted by Gasteiger charge is 2.65. The highest BCUT2D eigenvalue weighted by molar-refractivity contribution is 5.86. The topological polar surface area (TPSA) is 44.8 Å². The third-order valence-electron chi connectivity index (χ3n) is 3.80. The quantitative estimate of drug-likeness (QED) is 0.643. The summed E-state index contributed by atoms with van der Waals surface area (Å²) in [5.41, 5.74) is 0. The summed E-state index contributed by atoms with van der Waals surface area (Å²) in [7, 11) is 1.66. The van der Waals surface area contributed by atoms with Gasteiger partial charge in [-0.3, -0.25) is 4.79 Å². The molecule has 4 nitrogen and oxygen atoms in total. The minimum Gasteiger partial charge on any atom is -0.380 e. The maximum absolute atomic E-state index is 11.7. The predicted octanol–water partition coefficient (Wildman–Crippen LogP) is 0.740. The Labute approximate surface area is 88.9 Å². The zero-order valence-corrected chi connectivity index (χ0v) is 9.23. The van der Waals surface area contributed by atoms with Crippen LogP contribution in [0.1, 0.15) is 20.3 Å². The average molecular weight is 212 g/mol. The second-order valence-electron chi connectivity index (χ2n) is 5.13. The normalized spacial score (nSPS) is 51.1. The fourth-order valence-corrected chi connectivity index (χ4v) is 3.35. The largest absolute Gasteiger partial charge is 0.380 e. The highest BCUT2D eigenvalue weighted by Crippen LogP contribution is 2.52. The Morgan fingerprint density at radius 1 is 1.33 bits per heavy atom. The summed E-state index contributed by atoms with van der Waals surface area (Å²) in [5, 5.41) is 0. The summed E-state index contributed by atoms with van der Waals surface area (Å²) in [6.45, 7) is 3.80. The summed E-state index contributed by atoms with van der Waals surface area (Å²) in [5.74, 6) is -0.185. The van der Waals surface area contributed by atoms with Gasteiger partial charge in [-0.25, -0.2) is 0 Å². The van der Waals surface area contributed by atoms with E-state index in [9.17, 15) is 4.79 Å². The second kappa shape index (κ2) is 2.81. The molecule has 2 aliphatic carbocycles. The van der Waals surface area contributed by atoms with E-state index in [1.165, 1.54) is 0 Å². The Morgan fingerprint density at radius 3 is 2.67 bits per heavy atom. The number of ketones is 1.